The molecule has 0 atom stereocenters. The Labute approximate surface area is 103 Å². The van der Waals surface area contributed by atoms with Gasteiger partial charge < -0.3 is 10.2 Å². The number of nitrogens with one attached hydrogen (secondary N) is 1. The molecule has 0 aliphatic rings. The van der Waals surface area contributed by atoms with Gasteiger partial charge in [0.05, 0.1) is 11.3 Å². The minimum Gasteiger partial charge on any atom is -0.480 e. The Kier molecular flexibility index (Phi) is 3.92. The van der Waals surface area contributed by atoms with Crippen LogP contribution in [0, 0.1) is 6.92 Å². The summed E-state index contributed by atoms with van der Waals surface area (Å²) in [7, 11) is -4.04. The van der Waals surface area contributed by atoms with Crippen LogP contribution in [-0.4, -0.2) is 36.3 Å². The van der Waals surface area contributed by atoms with E-state index >= 15 is 0 Å². The van der Waals surface area contributed by atoms with Crippen molar-refractivity contribution in [2.45, 2.75) is 6.92 Å². The van der Waals surface area contributed by atoms with Gasteiger partial charge in [0.1, 0.15) is 0 Å². The van der Waals surface area contributed by atoms with Crippen molar-refractivity contribution in [3.63, 3.8) is 0 Å². The smallest absolute Gasteiger partial charge is 0.335 e. The van der Waals surface area contributed by atoms with Gasteiger partial charge in [-0.3, -0.25) is 9.52 Å². The maximum absolute atomic E-state index is 11.4. The molecule has 0 bridgehead atoms. The molecule has 0 radical (unpaired) electrons. The first-order valence-electron chi connectivity index (χ1n) is 4.77. The molecule has 0 heterocycles. The fourth-order valence-electron chi connectivity index (χ4n) is 1.23. The predicted octanol–water partition coefficient (Wildman–Crippen LogP) is 0.520. The first kappa shape index (κ1) is 14.0. The zero-order valence-corrected chi connectivity index (χ0v) is 10.2. The minimum absolute atomic E-state index is 0.0520. The Morgan fingerprint density at radius 3 is 2.39 bits per heavy atom. The van der Waals surface area contributed by atoms with Gasteiger partial charge in [-0.15, -0.1) is 0 Å². The van der Waals surface area contributed by atoms with E-state index < -0.39 is 27.7 Å². The van der Waals surface area contributed by atoms with Gasteiger partial charge in [0.25, 0.3) is 0 Å². The summed E-state index contributed by atoms with van der Waals surface area (Å²) in [4.78, 5) is 21.1. The second kappa shape index (κ2) is 5.05. The van der Waals surface area contributed by atoms with E-state index in [0.717, 1.165) is 6.07 Å². The van der Waals surface area contributed by atoms with Gasteiger partial charge in [0.15, 0.2) is 5.75 Å². The van der Waals surface area contributed by atoms with E-state index in [4.69, 9.17) is 10.2 Å². The number of aliphatic carboxylic acids is 1. The van der Waals surface area contributed by atoms with Crippen molar-refractivity contribution in [3.05, 3.63) is 29.3 Å². The molecule has 7 nitrogen and oxygen atoms in total. The number of rotatable bonds is 5. The van der Waals surface area contributed by atoms with Crippen LogP contribution in [0.1, 0.15) is 15.9 Å². The van der Waals surface area contributed by atoms with Gasteiger partial charge in [-0.25, -0.2) is 13.2 Å². The molecule has 0 aromatic heterocycles. The lowest BCUT2D eigenvalue weighted by molar-refractivity contribution is -0.134. The van der Waals surface area contributed by atoms with Gasteiger partial charge in [0, 0.05) is 0 Å². The minimum atomic E-state index is -4.04. The summed E-state index contributed by atoms with van der Waals surface area (Å²) in [6, 6.07) is 3.89. The van der Waals surface area contributed by atoms with Crippen molar-refractivity contribution in [2.75, 3.05) is 10.5 Å². The maximum Gasteiger partial charge on any atom is 0.335 e. The monoisotopic (exact) mass is 273 g/mol. The van der Waals surface area contributed by atoms with Crippen LogP contribution in [0.3, 0.4) is 0 Å². The topological polar surface area (TPSA) is 121 Å². The molecule has 1 rings (SSSR count). The Morgan fingerprint density at radius 1 is 1.28 bits per heavy atom. The third kappa shape index (κ3) is 3.74. The number of aromatic carboxylic acids is 1. The van der Waals surface area contributed by atoms with Crippen LogP contribution < -0.4 is 4.72 Å². The molecule has 0 spiro atoms. The van der Waals surface area contributed by atoms with Crippen molar-refractivity contribution in [1.29, 1.82) is 0 Å². The van der Waals surface area contributed by atoms with Gasteiger partial charge in [-0.2, -0.15) is 0 Å². The third-order valence-electron chi connectivity index (χ3n) is 2.06. The molecule has 18 heavy (non-hydrogen) atoms. The van der Waals surface area contributed by atoms with Gasteiger partial charge >= 0.3 is 11.9 Å². The average Bonchev–Trinajstić information content (AvgIpc) is 2.18. The summed E-state index contributed by atoms with van der Waals surface area (Å²) in [5, 5.41) is 17.2. The van der Waals surface area contributed by atoms with E-state index in [1.54, 1.807) is 6.92 Å². The Balaban J connectivity index is 3.07. The zero-order valence-electron chi connectivity index (χ0n) is 9.37. The van der Waals surface area contributed by atoms with Crippen LogP contribution in [0.2, 0.25) is 0 Å². The molecule has 1 aromatic carbocycles. The fraction of sp³-hybridized carbons (Fsp3) is 0.200. The second-order valence-electron chi connectivity index (χ2n) is 3.59. The first-order valence-corrected chi connectivity index (χ1v) is 6.43. The number of carboxylic acid groups (broad SMARTS) is 2. The highest BCUT2D eigenvalue weighted by atomic mass is 32.2. The van der Waals surface area contributed by atoms with E-state index in [1.807, 2.05) is 4.72 Å². The normalized spacial score (nSPS) is 10.9. The van der Waals surface area contributed by atoms with Gasteiger partial charge in [-0.1, -0.05) is 6.07 Å². The Hall–Kier alpha value is -2.09. The fourth-order valence-corrected chi connectivity index (χ4v) is 2.18. The summed E-state index contributed by atoms with van der Waals surface area (Å²) < 4.78 is 24.8. The highest BCUT2D eigenvalue weighted by molar-refractivity contribution is 7.93. The molecule has 0 saturated heterocycles. The van der Waals surface area contributed by atoms with Crippen LogP contribution in [0.5, 0.6) is 0 Å². The van der Waals surface area contributed by atoms with Crippen LogP contribution in [-0.2, 0) is 14.8 Å². The van der Waals surface area contributed by atoms with Crippen LogP contribution in [0.25, 0.3) is 0 Å². The molecule has 98 valence electrons. The molecular formula is C10H11NO6S. The van der Waals surface area contributed by atoms with E-state index in [-0.39, 0.29) is 11.3 Å². The maximum atomic E-state index is 11.4. The highest BCUT2D eigenvalue weighted by Crippen LogP contribution is 2.18. The highest BCUT2D eigenvalue weighted by Gasteiger charge is 2.17. The Bertz CT molecular complexity index is 592. The predicted molar refractivity (Wildman–Crippen MR) is 63.2 cm³/mol. The molecule has 3 N–H and O–H groups in total. The van der Waals surface area contributed by atoms with Crippen molar-refractivity contribution in [2.24, 2.45) is 0 Å². The van der Waals surface area contributed by atoms with E-state index in [2.05, 4.69) is 0 Å². The second-order valence-corrected chi connectivity index (χ2v) is 5.31. The van der Waals surface area contributed by atoms with E-state index in [1.165, 1.54) is 12.1 Å². The third-order valence-corrected chi connectivity index (χ3v) is 3.22. The molecule has 0 saturated carbocycles. The summed E-state index contributed by atoms with van der Waals surface area (Å²) in [6.45, 7) is 1.57. The number of hydrogen-bond acceptors (Lipinski definition) is 4. The van der Waals surface area contributed by atoms with E-state index in [0.29, 0.717) is 5.56 Å². The lowest BCUT2D eigenvalue weighted by atomic mass is 10.1. The number of hydrogen-bond donors (Lipinski definition) is 3. The molecule has 0 unspecified atom stereocenters. The number of anilines is 1. The SMILES string of the molecule is Cc1ccc(C(=O)O)cc1NS(=O)(=O)CC(=O)O. The number of carboxylic acids is 2. The number of aryl methyl sites for hydroxylation is 1. The first-order chi connectivity index (χ1) is 8.21. The largest absolute Gasteiger partial charge is 0.480 e. The van der Waals surface area contributed by atoms with Crippen molar-refractivity contribution in [3.8, 4) is 0 Å². The number of sulfonamides is 1. The molecule has 0 aliphatic carbocycles. The molecule has 0 amide bonds. The summed E-state index contributed by atoms with van der Waals surface area (Å²) >= 11 is 0. The molecule has 0 fully saturated rings. The standard InChI is InChI=1S/C10H11NO6S/c1-6-2-3-7(10(14)15)4-8(6)11-18(16,17)5-9(12)13/h2-4,11H,5H2,1H3,(H,12,13)(H,14,15). The van der Waals surface area contributed by atoms with Crippen molar-refractivity contribution >= 4 is 27.6 Å². The molecule has 0 aliphatic heterocycles. The summed E-state index contributed by atoms with van der Waals surface area (Å²) in [5.74, 6) is -3.77. The van der Waals surface area contributed by atoms with Crippen LogP contribution in [0.15, 0.2) is 18.2 Å². The van der Waals surface area contributed by atoms with Crippen LogP contribution in [0.4, 0.5) is 5.69 Å². The zero-order chi connectivity index (χ0) is 13.9. The quantitative estimate of drug-likeness (QED) is 0.719. The number of carbonyl (C=O) groups is 2. The van der Waals surface area contributed by atoms with Crippen LogP contribution >= 0.6 is 0 Å². The Morgan fingerprint density at radius 2 is 1.89 bits per heavy atom. The summed E-state index contributed by atoms with van der Waals surface area (Å²) in [5.41, 5.74) is 0.457. The van der Waals surface area contributed by atoms with Crippen molar-refractivity contribution in [1.82, 2.24) is 0 Å². The van der Waals surface area contributed by atoms with Gasteiger partial charge in [0.2, 0.25) is 10.0 Å². The average molecular weight is 273 g/mol. The number of benzene rings is 1. The lowest BCUT2D eigenvalue weighted by Crippen LogP contribution is -2.23. The molecule has 1 aromatic rings. The van der Waals surface area contributed by atoms with Crippen molar-refractivity contribution < 1.29 is 28.2 Å². The van der Waals surface area contributed by atoms with Gasteiger partial charge in [-0.05, 0) is 24.6 Å². The molecule has 8 heteroatoms. The summed E-state index contributed by atoms with van der Waals surface area (Å²) in [6.07, 6.45) is 0. The van der Waals surface area contributed by atoms with E-state index in [9.17, 15) is 18.0 Å². The molecular weight excluding hydrogens is 262 g/mol. The lowest BCUT2D eigenvalue weighted by Gasteiger charge is -2.09.